The third-order valence-corrected chi connectivity index (χ3v) is 5.49. The summed E-state index contributed by atoms with van der Waals surface area (Å²) in [6, 6.07) is 3.94. The summed E-state index contributed by atoms with van der Waals surface area (Å²) >= 11 is 3.53. The minimum Gasteiger partial charge on any atom is -0.365 e. The van der Waals surface area contributed by atoms with Crippen molar-refractivity contribution in [2.24, 2.45) is 7.05 Å². The molecule has 3 heterocycles. The zero-order chi connectivity index (χ0) is 21.4. The van der Waals surface area contributed by atoms with Crippen molar-refractivity contribution in [2.75, 3.05) is 10.2 Å². The van der Waals surface area contributed by atoms with Crippen LogP contribution < -0.4 is 20.8 Å². The van der Waals surface area contributed by atoms with Crippen molar-refractivity contribution in [2.45, 2.75) is 13.0 Å². The molecule has 0 bridgehead atoms. The van der Waals surface area contributed by atoms with Crippen molar-refractivity contribution in [3.8, 4) is 0 Å². The molecule has 1 N–H and O–H groups in total. The number of hydrogen-bond acceptors (Lipinski definition) is 5. The summed E-state index contributed by atoms with van der Waals surface area (Å²) in [5.41, 5.74) is 0.944. The fourth-order valence-corrected chi connectivity index (χ4v) is 3.64. The van der Waals surface area contributed by atoms with Gasteiger partial charge in [0, 0.05) is 31.6 Å². The Morgan fingerprint density at radius 2 is 2.07 bits per heavy atom. The van der Waals surface area contributed by atoms with Gasteiger partial charge in [0.05, 0.1) is 38.2 Å². The Kier molecular flexibility index (Phi) is 5.33. The van der Waals surface area contributed by atoms with Crippen LogP contribution in [0.3, 0.4) is 0 Å². The normalized spacial score (nSPS) is 13.5. The van der Waals surface area contributed by atoms with Crippen LogP contribution in [0.25, 0.3) is 10.7 Å². The molecule has 0 saturated heterocycles. The van der Waals surface area contributed by atoms with Crippen molar-refractivity contribution in [1.29, 1.82) is 0 Å². The molecule has 0 unspecified atom stereocenters. The second kappa shape index (κ2) is 7.94. The van der Waals surface area contributed by atoms with Gasteiger partial charge in [-0.15, -0.1) is 0 Å². The van der Waals surface area contributed by atoms with Gasteiger partial charge in [-0.05, 0) is 15.9 Å². The maximum Gasteiger partial charge on any atom is 0.266 e. The lowest BCUT2D eigenvalue weighted by atomic mass is 10.1. The topological polar surface area (TPSA) is 58.9 Å². The minimum atomic E-state index is -2.88. The van der Waals surface area contributed by atoms with E-state index in [0.29, 0.717) is 26.6 Å². The molecular weight excluding hydrogens is 461 g/mol. The molecule has 1 aliphatic heterocycles. The van der Waals surface area contributed by atoms with Crippen molar-refractivity contribution < 1.29 is 13.2 Å². The number of allylic oxidation sites excluding steroid dienone is 1. The third-order valence-electron chi connectivity index (χ3n) is 4.65. The molecule has 0 saturated carbocycles. The van der Waals surface area contributed by atoms with Crippen LogP contribution in [0.5, 0.6) is 0 Å². The maximum atomic E-state index is 14.4. The first-order valence-corrected chi connectivity index (χ1v) is 9.65. The van der Waals surface area contributed by atoms with E-state index in [1.54, 1.807) is 24.1 Å². The van der Waals surface area contributed by atoms with E-state index in [2.05, 4.69) is 42.9 Å². The first kappa shape index (κ1) is 20.1. The summed E-state index contributed by atoms with van der Waals surface area (Å²) in [5.74, 6) is -0.495. The van der Waals surface area contributed by atoms with E-state index < -0.39 is 17.8 Å². The van der Waals surface area contributed by atoms with Crippen LogP contribution in [-0.2, 0) is 13.6 Å². The fourth-order valence-electron chi connectivity index (χ4n) is 3.13. The largest absolute Gasteiger partial charge is 0.365 e. The second-order valence-electron chi connectivity index (χ2n) is 6.59. The molecule has 6 nitrogen and oxygen atoms in total. The monoisotopic (exact) mass is 476 g/mol. The molecule has 0 aliphatic carbocycles. The van der Waals surface area contributed by atoms with Crippen LogP contribution in [0.4, 0.5) is 24.7 Å². The minimum absolute atomic E-state index is 0.0187. The highest BCUT2D eigenvalue weighted by atomic mass is 79.9. The number of aryl methyl sites for hydroxylation is 1. The maximum absolute atomic E-state index is 14.4. The SMILES string of the molecule is C=C1C(Br)=c2ncnc(NCc3cccc(C(F)F)c3F)c2=CN1c1cnn(C)c1. The van der Waals surface area contributed by atoms with Gasteiger partial charge in [0.1, 0.15) is 18.0 Å². The molecule has 2 aromatic heterocycles. The standard InChI is InChI=1S/C20H16BrF3N6/c1-11-16(21)18-15(9-30(11)13-7-28-29(2)8-13)20(27-10-26-18)25-6-12-4-3-5-14(17(12)22)19(23)24/h3-5,7-10,19H,1,6H2,2H3,(H,25,26,27). The summed E-state index contributed by atoms with van der Waals surface area (Å²) in [4.78, 5) is 10.4. The number of aromatic nitrogens is 4. The molecule has 1 aromatic carbocycles. The average Bonchev–Trinajstić information content (AvgIpc) is 3.15. The molecule has 154 valence electrons. The van der Waals surface area contributed by atoms with Gasteiger partial charge in [0.15, 0.2) is 0 Å². The third kappa shape index (κ3) is 3.58. The molecule has 1 aliphatic rings. The molecule has 0 spiro atoms. The number of rotatable bonds is 5. The Labute approximate surface area is 178 Å². The van der Waals surface area contributed by atoms with Gasteiger partial charge in [-0.2, -0.15) is 5.10 Å². The van der Waals surface area contributed by atoms with Gasteiger partial charge >= 0.3 is 0 Å². The molecule has 0 atom stereocenters. The second-order valence-corrected chi connectivity index (χ2v) is 7.38. The number of fused-ring (bicyclic) bond motifs is 1. The van der Waals surface area contributed by atoms with Gasteiger partial charge in [0.2, 0.25) is 0 Å². The molecule has 4 rings (SSSR count). The van der Waals surface area contributed by atoms with Crippen LogP contribution >= 0.6 is 15.9 Å². The van der Waals surface area contributed by atoms with E-state index in [-0.39, 0.29) is 12.1 Å². The van der Waals surface area contributed by atoms with E-state index >= 15 is 0 Å². The molecular formula is C20H16BrF3N6. The van der Waals surface area contributed by atoms with Crippen LogP contribution in [0.2, 0.25) is 0 Å². The van der Waals surface area contributed by atoms with Crippen LogP contribution in [-0.4, -0.2) is 19.7 Å². The van der Waals surface area contributed by atoms with Crippen molar-refractivity contribution in [3.63, 3.8) is 0 Å². The summed E-state index contributed by atoms with van der Waals surface area (Å²) in [7, 11) is 1.81. The van der Waals surface area contributed by atoms with E-state index in [1.165, 1.54) is 18.5 Å². The van der Waals surface area contributed by atoms with Gasteiger partial charge < -0.3 is 10.2 Å². The highest BCUT2D eigenvalue weighted by Crippen LogP contribution is 2.28. The lowest BCUT2D eigenvalue weighted by Gasteiger charge is -2.24. The Morgan fingerprint density at radius 1 is 1.27 bits per heavy atom. The molecule has 3 aromatic rings. The Bertz CT molecular complexity index is 1250. The van der Waals surface area contributed by atoms with E-state index in [1.807, 2.05) is 11.1 Å². The van der Waals surface area contributed by atoms with Crippen molar-refractivity contribution in [1.82, 2.24) is 19.7 Å². The van der Waals surface area contributed by atoms with E-state index in [0.717, 1.165) is 11.8 Å². The number of nitrogens with zero attached hydrogens (tertiary/aromatic N) is 5. The Hall–Kier alpha value is -3.14. The summed E-state index contributed by atoms with van der Waals surface area (Å²) in [5, 5.41) is 8.46. The number of hydrogen-bond donors (Lipinski definition) is 1. The Balaban J connectivity index is 1.73. The Morgan fingerprint density at radius 3 is 2.77 bits per heavy atom. The molecule has 0 fully saturated rings. The number of alkyl halides is 2. The van der Waals surface area contributed by atoms with Crippen molar-refractivity contribution >= 4 is 38.1 Å². The number of benzene rings is 1. The summed E-state index contributed by atoms with van der Waals surface area (Å²) in [6.45, 7) is 4.08. The van der Waals surface area contributed by atoms with Crippen molar-refractivity contribution in [3.05, 3.63) is 76.7 Å². The van der Waals surface area contributed by atoms with Gasteiger partial charge in [-0.25, -0.2) is 23.1 Å². The molecule has 0 amide bonds. The number of nitrogens with one attached hydrogen (secondary N) is 1. The zero-order valence-electron chi connectivity index (χ0n) is 15.8. The van der Waals surface area contributed by atoms with E-state index in [4.69, 9.17) is 0 Å². The van der Waals surface area contributed by atoms with Crippen LogP contribution in [0.15, 0.2) is 49.2 Å². The predicted octanol–water partition coefficient (Wildman–Crippen LogP) is 3.17. The fraction of sp³-hybridized carbons (Fsp3) is 0.150. The van der Waals surface area contributed by atoms with Crippen LogP contribution in [0, 0.1) is 5.82 Å². The first-order chi connectivity index (χ1) is 14.4. The lowest BCUT2D eigenvalue weighted by Crippen LogP contribution is -2.40. The van der Waals surface area contributed by atoms with Gasteiger partial charge in [-0.1, -0.05) is 24.8 Å². The predicted molar refractivity (Wildman–Crippen MR) is 112 cm³/mol. The molecule has 0 radical (unpaired) electrons. The number of anilines is 2. The smallest absolute Gasteiger partial charge is 0.266 e. The van der Waals surface area contributed by atoms with Gasteiger partial charge in [-0.3, -0.25) is 4.68 Å². The summed E-state index contributed by atoms with van der Waals surface area (Å²) in [6.07, 6.45) is 3.81. The van der Waals surface area contributed by atoms with Crippen LogP contribution in [0.1, 0.15) is 17.6 Å². The molecule has 10 heteroatoms. The first-order valence-electron chi connectivity index (χ1n) is 8.86. The highest BCUT2D eigenvalue weighted by molar-refractivity contribution is 9.15. The van der Waals surface area contributed by atoms with Gasteiger partial charge in [0.25, 0.3) is 6.43 Å². The van der Waals surface area contributed by atoms with E-state index in [9.17, 15) is 13.2 Å². The number of halogens is 4. The summed E-state index contributed by atoms with van der Waals surface area (Å²) < 4.78 is 42.6. The average molecular weight is 477 g/mol. The highest BCUT2D eigenvalue weighted by Gasteiger charge is 2.20. The zero-order valence-corrected chi connectivity index (χ0v) is 17.4. The quantitative estimate of drug-likeness (QED) is 0.612. The molecule has 30 heavy (non-hydrogen) atoms. The lowest BCUT2D eigenvalue weighted by molar-refractivity contribution is 0.146.